The molecule has 0 aliphatic rings. The molecule has 128 valence electrons. The summed E-state index contributed by atoms with van der Waals surface area (Å²) in [6.45, 7) is 2.02. The van der Waals surface area contributed by atoms with Crippen molar-refractivity contribution < 1.29 is 4.79 Å². The van der Waals surface area contributed by atoms with E-state index < -0.39 is 0 Å². The molecule has 0 saturated heterocycles. The minimum atomic E-state index is -0.0551. The van der Waals surface area contributed by atoms with Crippen LogP contribution in [0.4, 0.5) is 5.69 Å². The number of carbonyl (C=O) groups excluding carboxylic acids is 1. The lowest BCUT2D eigenvalue weighted by molar-refractivity contribution is -0.115. The molecule has 0 aliphatic heterocycles. The van der Waals surface area contributed by atoms with Crippen molar-refractivity contribution >= 4 is 46.3 Å². The number of thiazole rings is 1. The number of hydrogen-bond donors (Lipinski definition) is 1. The highest BCUT2D eigenvalue weighted by molar-refractivity contribution is 8.00. The first-order valence-electron chi connectivity index (χ1n) is 7.77. The smallest absolute Gasteiger partial charge is 0.230 e. The molecule has 0 aliphatic carbocycles. The minimum absolute atomic E-state index is 0.0551. The van der Waals surface area contributed by atoms with Crippen molar-refractivity contribution in [1.82, 2.24) is 4.98 Å². The van der Waals surface area contributed by atoms with Gasteiger partial charge in [-0.2, -0.15) is 0 Å². The summed E-state index contributed by atoms with van der Waals surface area (Å²) >= 11 is 9.21. The van der Waals surface area contributed by atoms with Gasteiger partial charge in [0.1, 0.15) is 4.34 Å². The SMILES string of the molecule is Cc1ccc(NC(=O)Cc2csc(SCc3cccc(Cl)c3)n2)cc1. The summed E-state index contributed by atoms with van der Waals surface area (Å²) in [5.41, 5.74) is 3.93. The molecule has 6 heteroatoms. The standard InChI is InChI=1S/C19H17ClN2OS2/c1-13-5-7-16(8-6-13)21-18(23)10-17-12-25-19(22-17)24-11-14-3-2-4-15(20)9-14/h2-9,12H,10-11H2,1H3,(H,21,23). The molecule has 25 heavy (non-hydrogen) atoms. The van der Waals surface area contributed by atoms with Crippen LogP contribution in [0, 0.1) is 6.92 Å². The van der Waals surface area contributed by atoms with E-state index in [-0.39, 0.29) is 12.3 Å². The predicted molar refractivity (Wildman–Crippen MR) is 107 cm³/mol. The summed E-state index contributed by atoms with van der Waals surface area (Å²) in [5, 5.41) is 5.58. The highest BCUT2D eigenvalue weighted by Crippen LogP contribution is 2.27. The van der Waals surface area contributed by atoms with Crippen LogP contribution in [0.25, 0.3) is 0 Å². The Balaban J connectivity index is 1.52. The molecule has 0 saturated carbocycles. The van der Waals surface area contributed by atoms with E-state index in [1.807, 2.05) is 60.8 Å². The van der Waals surface area contributed by atoms with Crippen molar-refractivity contribution in [1.29, 1.82) is 0 Å². The third kappa shape index (κ3) is 5.59. The van der Waals surface area contributed by atoms with E-state index in [0.29, 0.717) is 0 Å². The number of thioether (sulfide) groups is 1. The summed E-state index contributed by atoms with van der Waals surface area (Å²) in [7, 11) is 0. The van der Waals surface area contributed by atoms with E-state index in [9.17, 15) is 4.79 Å². The summed E-state index contributed by atoms with van der Waals surface area (Å²) in [6, 6.07) is 15.6. The first-order chi connectivity index (χ1) is 12.1. The topological polar surface area (TPSA) is 42.0 Å². The molecular weight excluding hydrogens is 372 g/mol. The lowest BCUT2D eigenvalue weighted by atomic mass is 10.2. The van der Waals surface area contributed by atoms with Crippen LogP contribution < -0.4 is 5.32 Å². The molecule has 0 fully saturated rings. The van der Waals surface area contributed by atoms with Gasteiger partial charge in [0, 0.05) is 21.8 Å². The number of nitrogens with zero attached hydrogens (tertiary/aromatic N) is 1. The van der Waals surface area contributed by atoms with Crippen molar-refractivity contribution in [2.24, 2.45) is 0 Å². The van der Waals surface area contributed by atoms with Crippen molar-refractivity contribution in [3.05, 3.63) is 75.8 Å². The third-order valence-corrected chi connectivity index (χ3v) is 5.84. The molecule has 3 aromatic rings. The van der Waals surface area contributed by atoms with Gasteiger partial charge in [0.25, 0.3) is 0 Å². The molecule has 0 atom stereocenters. The van der Waals surface area contributed by atoms with E-state index in [4.69, 9.17) is 11.6 Å². The first kappa shape index (κ1) is 18.0. The predicted octanol–water partition coefficient (Wildman–Crippen LogP) is 5.58. The lowest BCUT2D eigenvalue weighted by Gasteiger charge is -2.04. The van der Waals surface area contributed by atoms with E-state index >= 15 is 0 Å². The van der Waals surface area contributed by atoms with Crippen LogP contribution in [0.3, 0.4) is 0 Å². The largest absolute Gasteiger partial charge is 0.326 e. The number of hydrogen-bond acceptors (Lipinski definition) is 4. The Morgan fingerprint density at radius 1 is 1.24 bits per heavy atom. The molecule has 3 rings (SSSR count). The number of benzene rings is 2. The number of rotatable bonds is 6. The molecular formula is C19H17ClN2OS2. The average Bonchev–Trinajstić information content (AvgIpc) is 3.02. The number of aromatic nitrogens is 1. The summed E-state index contributed by atoms with van der Waals surface area (Å²) in [4.78, 5) is 16.7. The average molecular weight is 389 g/mol. The van der Waals surface area contributed by atoms with E-state index in [0.717, 1.165) is 32.1 Å². The zero-order valence-electron chi connectivity index (χ0n) is 13.7. The fourth-order valence-corrected chi connectivity index (χ4v) is 4.21. The Kier molecular flexibility index (Phi) is 6.13. The summed E-state index contributed by atoms with van der Waals surface area (Å²) in [6.07, 6.45) is 0.280. The number of halogens is 1. The lowest BCUT2D eigenvalue weighted by Crippen LogP contribution is -2.14. The second kappa shape index (κ2) is 8.52. The number of carbonyl (C=O) groups is 1. The molecule has 1 amide bonds. The van der Waals surface area contributed by atoms with Gasteiger partial charge in [-0.3, -0.25) is 4.79 Å². The maximum absolute atomic E-state index is 12.1. The van der Waals surface area contributed by atoms with Crippen LogP contribution in [0.1, 0.15) is 16.8 Å². The second-order valence-corrected chi connectivity index (χ2v) is 8.13. The molecule has 0 bridgehead atoms. The van der Waals surface area contributed by atoms with Crippen molar-refractivity contribution in [2.75, 3.05) is 5.32 Å². The second-order valence-electron chi connectivity index (χ2n) is 5.61. The highest BCUT2D eigenvalue weighted by atomic mass is 35.5. The molecule has 2 aromatic carbocycles. The monoisotopic (exact) mass is 388 g/mol. The van der Waals surface area contributed by atoms with Gasteiger partial charge in [-0.15, -0.1) is 11.3 Å². The van der Waals surface area contributed by atoms with Gasteiger partial charge < -0.3 is 5.32 Å². The summed E-state index contributed by atoms with van der Waals surface area (Å²) < 4.78 is 0.957. The van der Waals surface area contributed by atoms with Gasteiger partial charge in [0.05, 0.1) is 12.1 Å². The Morgan fingerprint density at radius 3 is 2.80 bits per heavy atom. The number of nitrogens with one attached hydrogen (secondary N) is 1. The fraction of sp³-hybridized carbons (Fsp3) is 0.158. The Hall–Kier alpha value is -1.82. The molecule has 0 radical (unpaired) electrons. The third-order valence-electron chi connectivity index (χ3n) is 3.46. The van der Waals surface area contributed by atoms with Gasteiger partial charge in [-0.05, 0) is 36.8 Å². The van der Waals surface area contributed by atoms with Crippen LogP contribution in [0.2, 0.25) is 5.02 Å². The van der Waals surface area contributed by atoms with Crippen molar-refractivity contribution in [2.45, 2.75) is 23.4 Å². The van der Waals surface area contributed by atoms with Crippen LogP contribution in [0.5, 0.6) is 0 Å². The van der Waals surface area contributed by atoms with Gasteiger partial charge in [0.15, 0.2) is 0 Å². The molecule has 0 unspecified atom stereocenters. The zero-order chi connectivity index (χ0) is 17.6. The van der Waals surface area contributed by atoms with Crippen molar-refractivity contribution in [3.8, 4) is 0 Å². The van der Waals surface area contributed by atoms with E-state index in [1.165, 1.54) is 5.56 Å². The molecule has 1 heterocycles. The Morgan fingerprint density at radius 2 is 2.04 bits per heavy atom. The van der Waals surface area contributed by atoms with E-state index in [2.05, 4.69) is 10.3 Å². The molecule has 1 N–H and O–H groups in total. The minimum Gasteiger partial charge on any atom is -0.326 e. The van der Waals surface area contributed by atoms with Gasteiger partial charge in [0.2, 0.25) is 5.91 Å². The van der Waals surface area contributed by atoms with Gasteiger partial charge in [-0.1, -0.05) is 53.2 Å². The van der Waals surface area contributed by atoms with Crippen LogP contribution in [-0.4, -0.2) is 10.9 Å². The van der Waals surface area contributed by atoms with Crippen LogP contribution >= 0.6 is 34.7 Å². The molecule has 0 spiro atoms. The normalized spacial score (nSPS) is 10.6. The Labute approximate surface area is 160 Å². The maximum atomic E-state index is 12.1. The zero-order valence-corrected chi connectivity index (χ0v) is 16.0. The number of amides is 1. The number of anilines is 1. The van der Waals surface area contributed by atoms with Crippen molar-refractivity contribution in [3.63, 3.8) is 0 Å². The van der Waals surface area contributed by atoms with E-state index in [1.54, 1.807) is 23.1 Å². The number of aryl methyl sites for hydroxylation is 1. The maximum Gasteiger partial charge on any atom is 0.230 e. The Bertz CT molecular complexity index is 862. The van der Waals surface area contributed by atoms with Gasteiger partial charge >= 0.3 is 0 Å². The van der Waals surface area contributed by atoms with Crippen LogP contribution in [-0.2, 0) is 17.0 Å². The first-order valence-corrected chi connectivity index (χ1v) is 10.0. The van der Waals surface area contributed by atoms with Gasteiger partial charge in [-0.25, -0.2) is 4.98 Å². The summed E-state index contributed by atoms with van der Waals surface area (Å²) in [5.74, 6) is 0.754. The molecule has 1 aromatic heterocycles. The molecule has 3 nitrogen and oxygen atoms in total. The quantitative estimate of drug-likeness (QED) is 0.560. The highest BCUT2D eigenvalue weighted by Gasteiger charge is 2.09. The fourth-order valence-electron chi connectivity index (χ4n) is 2.21. The van der Waals surface area contributed by atoms with Crippen LogP contribution in [0.15, 0.2) is 58.3 Å².